The lowest BCUT2D eigenvalue weighted by atomic mass is 10.4. The van der Waals surface area contributed by atoms with Crippen molar-refractivity contribution in [2.45, 2.75) is 11.8 Å². The molecule has 1 rings (SSSR count). The van der Waals surface area contributed by atoms with Gasteiger partial charge >= 0.3 is 0 Å². The Bertz CT molecular complexity index is 232. The van der Waals surface area contributed by atoms with Gasteiger partial charge in [0, 0.05) is 19.3 Å². The average Bonchev–Trinajstić information content (AvgIpc) is 2.37. The number of hydrogen-bond donors (Lipinski definition) is 1. The van der Waals surface area contributed by atoms with Crippen LogP contribution < -0.4 is 5.73 Å². The Kier molecular flexibility index (Phi) is 3.09. The first-order chi connectivity index (χ1) is 5.50. The number of nitrogens with two attached hydrogens (primary N) is 1. The number of nitrogens with zero attached hydrogens (tertiary/aromatic N) is 1. The van der Waals surface area contributed by atoms with Crippen LogP contribution in [0.5, 0.6) is 0 Å². The molecule has 2 N–H and O–H groups in total. The molecule has 1 radical (unpaired) electrons. The topological polar surface area (TPSA) is 63.4 Å². The van der Waals surface area contributed by atoms with Gasteiger partial charge in [-0.15, -0.1) is 0 Å². The van der Waals surface area contributed by atoms with Crippen molar-refractivity contribution in [3.63, 3.8) is 0 Å². The van der Waals surface area contributed by atoms with Crippen LogP contribution in [0, 0.1) is 6.42 Å². The second-order valence-electron chi connectivity index (χ2n) is 3.20. The van der Waals surface area contributed by atoms with Crippen LogP contribution in [0.15, 0.2) is 0 Å². The smallest absolute Gasteiger partial charge is 0.164 e. The first kappa shape index (κ1) is 9.95. The van der Waals surface area contributed by atoms with Crippen LogP contribution in [-0.4, -0.2) is 44.6 Å². The molecule has 1 atom stereocenters. The van der Waals surface area contributed by atoms with Crippen LogP contribution in [0.2, 0.25) is 0 Å². The van der Waals surface area contributed by atoms with E-state index in [1.807, 2.05) is 4.90 Å². The van der Waals surface area contributed by atoms with Gasteiger partial charge in [-0.25, -0.2) is 8.42 Å². The number of sulfone groups is 1. The summed E-state index contributed by atoms with van der Waals surface area (Å²) in [6.45, 7) is 2.25. The van der Waals surface area contributed by atoms with E-state index in [4.69, 9.17) is 5.73 Å². The third-order valence-electron chi connectivity index (χ3n) is 2.02. The summed E-state index contributed by atoms with van der Waals surface area (Å²) in [5.74, 6) is 0. The Balaban J connectivity index is 2.40. The van der Waals surface area contributed by atoms with E-state index in [0.29, 0.717) is 6.54 Å². The summed E-state index contributed by atoms with van der Waals surface area (Å²) in [5, 5.41) is -0.732. The summed E-state index contributed by atoms with van der Waals surface area (Å²) in [4.78, 5) is 2.05. The van der Waals surface area contributed by atoms with E-state index in [1.165, 1.54) is 6.26 Å². The van der Waals surface area contributed by atoms with Crippen molar-refractivity contribution in [3.8, 4) is 0 Å². The molecule has 1 saturated heterocycles. The van der Waals surface area contributed by atoms with Crippen LogP contribution in [0.25, 0.3) is 0 Å². The van der Waals surface area contributed by atoms with Crippen LogP contribution in [-0.2, 0) is 9.84 Å². The van der Waals surface area contributed by atoms with Crippen molar-refractivity contribution in [1.29, 1.82) is 0 Å². The quantitative estimate of drug-likeness (QED) is 0.636. The van der Waals surface area contributed by atoms with E-state index in [1.54, 1.807) is 0 Å². The third-order valence-corrected chi connectivity index (χ3v) is 3.27. The highest BCUT2D eigenvalue weighted by Crippen LogP contribution is 2.07. The molecule has 0 saturated carbocycles. The summed E-state index contributed by atoms with van der Waals surface area (Å²) < 4.78 is 21.9. The molecule has 0 aromatic heterocycles. The lowest BCUT2D eigenvalue weighted by molar-refractivity contribution is 0.341. The van der Waals surface area contributed by atoms with Crippen LogP contribution in [0.3, 0.4) is 0 Å². The Hall–Kier alpha value is -0.130. The van der Waals surface area contributed by atoms with Crippen LogP contribution in [0.1, 0.15) is 6.42 Å². The Morgan fingerprint density at radius 2 is 2.33 bits per heavy atom. The van der Waals surface area contributed by atoms with Gasteiger partial charge in [0.15, 0.2) is 9.84 Å². The summed E-state index contributed by atoms with van der Waals surface area (Å²) in [7, 11) is -3.07. The Morgan fingerprint density at radius 3 is 2.75 bits per heavy atom. The summed E-state index contributed by atoms with van der Waals surface area (Å²) in [6, 6.07) is 0. The van der Waals surface area contributed by atoms with Gasteiger partial charge < -0.3 is 10.6 Å². The highest BCUT2D eigenvalue weighted by Gasteiger charge is 2.21. The van der Waals surface area contributed by atoms with E-state index >= 15 is 0 Å². The first-order valence-corrected chi connectivity index (χ1v) is 5.94. The zero-order valence-electron chi connectivity index (χ0n) is 7.23. The largest absolute Gasteiger partial charge is 0.314 e. The van der Waals surface area contributed by atoms with E-state index in [-0.39, 0.29) is 0 Å². The maximum Gasteiger partial charge on any atom is 0.164 e. The summed E-state index contributed by atoms with van der Waals surface area (Å²) in [5.41, 5.74) is 5.49. The fourth-order valence-corrected chi connectivity index (χ4v) is 1.68. The van der Waals surface area contributed by atoms with Crippen molar-refractivity contribution >= 4 is 9.84 Å². The predicted octanol–water partition coefficient (Wildman–Crippen LogP) is -0.774. The third kappa shape index (κ3) is 2.73. The lowest BCUT2D eigenvalue weighted by Crippen LogP contribution is -2.41. The van der Waals surface area contributed by atoms with E-state index in [2.05, 4.69) is 6.42 Å². The number of hydrogen-bond acceptors (Lipinski definition) is 4. The molecule has 0 bridgehead atoms. The highest BCUT2D eigenvalue weighted by atomic mass is 32.2. The molecule has 12 heavy (non-hydrogen) atoms. The van der Waals surface area contributed by atoms with Gasteiger partial charge in [0.1, 0.15) is 5.37 Å². The second kappa shape index (κ2) is 3.72. The molecule has 1 unspecified atom stereocenters. The zero-order chi connectivity index (χ0) is 9.19. The minimum absolute atomic E-state index is 0.454. The minimum Gasteiger partial charge on any atom is -0.314 e. The SMILES string of the molecule is CS(=O)(=O)C(N)CN1C[CH]CC1. The molecular formula is C7H15N2O2S. The van der Waals surface area contributed by atoms with Gasteiger partial charge in [-0.05, 0) is 19.4 Å². The molecule has 0 amide bonds. The number of rotatable bonds is 3. The van der Waals surface area contributed by atoms with Crippen LogP contribution >= 0.6 is 0 Å². The summed E-state index contributed by atoms with van der Waals surface area (Å²) in [6.07, 6.45) is 4.35. The molecule has 4 nitrogen and oxygen atoms in total. The standard InChI is InChI=1S/C7H15N2O2S/c1-12(10,11)7(8)6-9-4-2-3-5-9/h2,7H,3-6,8H2,1H3. The van der Waals surface area contributed by atoms with Gasteiger partial charge in [-0.1, -0.05) is 0 Å². The molecule has 0 spiro atoms. The molecule has 0 aliphatic carbocycles. The molecule has 1 aliphatic heterocycles. The van der Waals surface area contributed by atoms with Gasteiger partial charge in [-0.2, -0.15) is 0 Å². The second-order valence-corrected chi connectivity index (χ2v) is 5.47. The van der Waals surface area contributed by atoms with E-state index in [0.717, 1.165) is 19.5 Å². The normalized spacial score (nSPS) is 22.8. The molecular weight excluding hydrogens is 176 g/mol. The fraction of sp³-hybridized carbons (Fsp3) is 0.857. The summed E-state index contributed by atoms with van der Waals surface area (Å²) >= 11 is 0. The molecule has 1 heterocycles. The molecule has 71 valence electrons. The minimum atomic E-state index is -3.07. The molecule has 5 heteroatoms. The molecule has 1 aliphatic rings. The van der Waals surface area contributed by atoms with E-state index < -0.39 is 15.2 Å². The highest BCUT2D eigenvalue weighted by molar-refractivity contribution is 7.91. The van der Waals surface area contributed by atoms with Crippen molar-refractivity contribution in [2.24, 2.45) is 5.73 Å². The van der Waals surface area contributed by atoms with Gasteiger partial charge in [0.05, 0.1) is 0 Å². The van der Waals surface area contributed by atoms with E-state index in [9.17, 15) is 8.42 Å². The maximum absolute atomic E-state index is 11.0. The van der Waals surface area contributed by atoms with Crippen molar-refractivity contribution in [2.75, 3.05) is 25.9 Å². The molecule has 0 aromatic rings. The Morgan fingerprint density at radius 1 is 1.67 bits per heavy atom. The fourth-order valence-electron chi connectivity index (χ4n) is 1.19. The Labute approximate surface area is 73.6 Å². The maximum atomic E-state index is 11.0. The van der Waals surface area contributed by atoms with Gasteiger partial charge in [0.2, 0.25) is 0 Å². The van der Waals surface area contributed by atoms with Crippen molar-refractivity contribution < 1.29 is 8.42 Å². The lowest BCUT2D eigenvalue weighted by Gasteiger charge is -2.18. The number of likely N-dealkylation sites (tertiary alicyclic amines) is 1. The van der Waals surface area contributed by atoms with Gasteiger partial charge in [-0.3, -0.25) is 0 Å². The average molecular weight is 191 g/mol. The predicted molar refractivity (Wildman–Crippen MR) is 48.2 cm³/mol. The molecule has 0 aromatic carbocycles. The van der Waals surface area contributed by atoms with Crippen LogP contribution in [0.4, 0.5) is 0 Å². The van der Waals surface area contributed by atoms with Crippen molar-refractivity contribution in [1.82, 2.24) is 4.90 Å². The monoisotopic (exact) mass is 191 g/mol. The molecule has 1 fully saturated rings. The first-order valence-electron chi connectivity index (χ1n) is 3.98. The zero-order valence-corrected chi connectivity index (χ0v) is 8.05. The van der Waals surface area contributed by atoms with Crippen molar-refractivity contribution in [3.05, 3.63) is 6.42 Å². The van der Waals surface area contributed by atoms with Gasteiger partial charge in [0.25, 0.3) is 0 Å².